The van der Waals surface area contributed by atoms with Crippen LogP contribution >= 0.6 is 23.2 Å². The molecule has 0 radical (unpaired) electrons. The normalized spacial score (nSPS) is 22.1. The van der Waals surface area contributed by atoms with Crippen LogP contribution in [-0.2, 0) is 10.0 Å². The molecular formula is C12H17Cl2N3O2S. The molecule has 0 aromatic heterocycles. The zero-order valence-electron chi connectivity index (χ0n) is 11.3. The number of hydrogen-bond acceptors (Lipinski definition) is 4. The third-order valence-corrected chi connectivity index (χ3v) is 6.35. The fourth-order valence-electron chi connectivity index (χ4n) is 2.36. The smallest absolute Gasteiger partial charge is 0.244 e. The van der Waals surface area contributed by atoms with Crippen LogP contribution in [0.1, 0.15) is 6.92 Å². The summed E-state index contributed by atoms with van der Waals surface area (Å²) in [7, 11) is -1.70. The second-order valence-corrected chi connectivity index (χ2v) is 7.64. The molecule has 1 aliphatic heterocycles. The number of anilines is 1. The van der Waals surface area contributed by atoms with Gasteiger partial charge in [-0.05, 0) is 26.1 Å². The van der Waals surface area contributed by atoms with Gasteiger partial charge in [0.1, 0.15) is 4.90 Å². The van der Waals surface area contributed by atoms with Gasteiger partial charge in [-0.2, -0.15) is 4.31 Å². The average Bonchev–Trinajstić information content (AvgIpc) is 2.35. The molecule has 2 N–H and O–H groups in total. The number of piperazine rings is 1. The molecule has 1 unspecified atom stereocenters. The van der Waals surface area contributed by atoms with E-state index in [0.29, 0.717) is 19.6 Å². The molecule has 1 saturated heterocycles. The number of nitrogens with two attached hydrogens (primary N) is 1. The van der Waals surface area contributed by atoms with Crippen molar-refractivity contribution in [3.8, 4) is 0 Å². The molecule has 1 heterocycles. The number of rotatable bonds is 2. The van der Waals surface area contributed by atoms with Crippen molar-refractivity contribution in [3.63, 3.8) is 0 Å². The maximum atomic E-state index is 12.7. The third kappa shape index (κ3) is 2.76. The van der Waals surface area contributed by atoms with Gasteiger partial charge >= 0.3 is 0 Å². The summed E-state index contributed by atoms with van der Waals surface area (Å²) in [5.74, 6) is 0. The Hall–Kier alpha value is -0.530. The van der Waals surface area contributed by atoms with Crippen molar-refractivity contribution in [2.75, 3.05) is 32.4 Å². The molecule has 0 aliphatic carbocycles. The van der Waals surface area contributed by atoms with E-state index in [1.807, 2.05) is 14.0 Å². The second kappa shape index (κ2) is 5.69. The molecule has 0 saturated carbocycles. The first-order valence-electron chi connectivity index (χ1n) is 6.19. The minimum Gasteiger partial charge on any atom is -0.396 e. The fraction of sp³-hybridized carbons (Fsp3) is 0.500. The number of hydrogen-bond donors (Lipinski definition) is 1. The van der Waals surface area contributed by atoms with Crippen molar-refractivity contribution in [2.45, 2.75) is 17.9 Å². The molecule has 112 valence electrons. The molecule has 0 bridgehead atoms. The predicted octanol–water partition coefficient (Wildman–Crippen LogP) is 1.90. The molecule has 0 amide bonds. The highest BCUT2D eigenvalue weighted by molar-refractivity contribution is 7.89. The number of sulfonamides is 1. The summed E-state index contributed by atoms with van der Waals surface area (Å²) < 4.78 is 26.9. The lowest BCUT2D eigenvalue weighted by molar-refractivity contribution is 0.170. The number of nitrogens with zero attached hydrogens (tertiary/aromatic N) is 2. The van der Waals surface area contributed by atoms with Gasteiger partial charge in [-0.3, -0.25) is 0 Å². The minimum absolute atomic E-state index is 0.0105. The molecule has 1 aliphatic rings. The summed E-state index contributed by atoms with van der Waals surface area (Å²) in [4.78, 5) is 2.10. The molecule has 1 fully saturated rings. The standard InChI is InChI=1S/C12H17Cl2N3O2S/c1-8-7-16(2)5-6-17(8)20(18,19)10-4-3-9(13)12(15)11(10)14/h3-4,8H,5-7,15H2,1-2H3. The molecule has 1 aromatic rings. The van der Waals surface area contributed by atoms with E-state index in [9.17, 15) is 8.42 Å². The Morgan fingerprint density at radius 1 is 1.30 bits per heavy atom. The Kier molecular flexibility index (Phi) is 4.51. The van der Waals surface area contributed by atoms with Gasteiger partial charge in [-0.15, -0.1) is 0 Å². The van der Waals surface area contributed by atoms with E-state index < -0.39 is 10.0 Å². The third-order valence-electron chi connectivity index (χ3n) is 3.45. The van der Waals surface area contributed by atoms with Crippen molar-refractivity contribution >= 4 is 38.9 Å². The van der Waals surface area contributed by atoms with Crippen LogP contribution in [0, 0.1) is 0 Å². The number of halogens is 2. The average molecular weight is 338 g/mol. The van der Waals surface area contributed by atoms with Crippen molar-refractivity contribution < 1.29 is 8.42 Å². The van der Waals surface area contributed by atoms with Crippen molar-refractivity contribution in [1.29, 1.82) is 0 Å². The van der Waals surface area contributed by atoms with E-state index in [1.54, 1.807) is 0 Å². The Bertz CT molecular complexity index is 621. The SMILES string of the molecule is CC1CN(C)CCN1S(=O)(=O)c1ccc(Cl)c(N)c1Cl. The van der Waals surface area contributed by atoms with Crippen molar-refractivity contribution in [3.05, 3.63) is 22.2 Å². The summed E-state index contributed by atoms with van der Waals surface area (Å²) >= 11 is 11.9. The maximum Gasteiger partial charge on any atom is 0.244 e. The topological polar surface area (TPSA) is 66.6 Å². The Morgan fingerprint density at radius 3 is 2.55 bits per heavy atom. The molecule has 5 nitrogen and oxygen atoms in total. The number of benzene rings is 1. The number of likely N-dealkylation sites (N-methyl/N-ethyl adjacent to an activating group) is 1. The van der Waals surface area contributed by atoms with Crippen LogP contribution < -0.4 is 5.73 Å². The quantitative estimate of drug-likeness (QED) is 0.837. The van der Waals surface area contributed by atoms with E-state index in [1.165, 1.54) is 16.4 Å². The van der Waals surface area contributed by atoms with Gasteiger partial charge in [0.15, 0.2) is 0 Å². The summed E-state index contributed by atoms with van der Waals surface area (Å²) in [6, 6.07) is 2.74. The Balaban J connectivity index is 2.43. The van der Waals surface area contributed by atoms with Gasteiger partial charge in [-0.1, -0.05) is 23.2 Å². The van der Waals surface area contributed by atoms with Gasteiger partial charge in [0.05, 0.1) is 15.7 Å². The van der Waals surface area contributed by atoms with Crippen LogP contribution in [0.3, 0.4) is 0 Å². The Labute approximate surface area is 129 Å². The predicted molar refractivity (Wildman–Crippen MR) is 81.7 cm³/mol. The molecule has 2 rings (SSSR count). The number of nitrogen functional groups attached to an aromatic ring is 1. The van der Waals surface area contributed by atoms with Crippen molar-refractivity contribution in [2.24, 2.45) is 0 Å². The van der Waals surface area contributed by atoms with E-state index in [2.05, 4.69) is 4.90 Å². The Morgan fingerprint density at radius 2 is 1.95 bits per heavy atom. The molecule has 1 aromatic carbocycles. The van der Waals surface area contributed by atoms with Gasteiger partial charge < -0.3 is 10.6 Å². The molecule has 1 atom stereocenters. The second-order valence-electron chi connectivity index (χ2n) is 5.00. The van der Waals surface area contributed by atoms with Gasteiger partial charge in [0.25, 0.3) is 0 Å². The van der Waals surface area contributed by atoms with E-state index >= 15 is 0 Å². The van der Waals surface area contributed by atoms with E-state index in [0.717, 1.165) is 0 Å². The summed E-state index contributed by atoms with van der Waals surface area (Å²) in [6.45, 7) is 3.67. The molecule has 20 heavy (non-hydrogen) atoms. The van der Waals surface area contributed by atoms with Crippen LogP contribution in [0.25, 0.3) is 0 Å². The highest BCUT2D eigenvalue weighted by atomic mass is 35.5. The van der Waals surface area contributed by atoms with Crippen LogP contribution in [0.15, 0.2) is 17.0 Å². The van der Waals surface area contributed by atoms with E-state index in [-0.39, 0.29) is 26.7 Å². The lowest BCUT2D eigenvalue weighted by atomic mass is 10.2. The molecular weight excluding hydrogens is 321 g/mol. The first-order valence-corrected chi connectivity index (χ1v) is 8.38. The highest BCUT2D eigenvalue weighted by Crippen LogP contribution is 2.35. The van der Waals surface area contributed by atoms with Crippen LogP contribution in [0.5, 0.6) is 0 Å². The first kappa shape index (κ1) is 15.9. The monoisotopic (exact) mass is 337 g/mol. The molecule has 8 heteroatoms. The van der Waals surface area contributed by atoms with Gasteiger partial charge in [-0.25, -0.2) is 8.42 Å². The zero-order chi connectivity index (χ0) is 15.1. The lowest BCUT2D eigenvalue weighted by Gasteiger charge is -2.37. The summed E-state index contributed by atoms with van der Waals surface area (Å²) in [6.07, 6.45) is 0. The van der Waals surface area contributed by atoms with Crippen LogP contribution in [-0.4, -0.2) is 50.3 Å². The van der Waals surface area contributed by atoms with Crippen molar-refractivity contribution in [1.82, 2.24) is 9.21 Å². The summed E-state index contributed by atoms with van der Waals surface area (Å²) in [5.41, 5.74) is 5.80. The largest absolute Gasteiger partial charge is 0.396 e. The van der Waals surface area contributed by atoms with E-state index in [4.69, 9.17) is 28.9 Å². The summed E-state index contributed by atoms with van der Waals surface area (Å²) in [5, 5.41) is 0.240. The minimum atomic E-state index is -3.67. The zero-order valence-corrected chi connectivity index (χ0v) is 13.6. The van der Waals surface area contributed by atoms with Crippen LogP contribution in [0.2, 0.25) is 10.0 Å². The van der Waals surface area contributed by atoms with Gasteiger partial charge in [0, 0.05) is 25.7 Å². The van der Waals surface area contributed by atoms with Crippen LogP contribution in [0.4, 0.5) is 5.69 Å². The maximum absolute atomic E-state index is 12.7. The highest BCUT2D eigenvalue weighted by Gasteiger charge is 2.34. The van der Waals surface area contributed by atoms with Gasteiger partial charge in [0.2, 0.25) is 10.0 Å². The lowest BCUT2D eigenvalue weighted by Crippen LogP contribution is -2.52. The fourth-order valence-corrected chi connectivity index (χ4v) is 4.71. The molecule has 0 spiro atoms. The first-order chi connectivity index (χ1) is 9.25.